The summed E-state index contributed by atoms with van der Waals surface area (Å²) in [4.78, 5) is 2.20. The number of rotatable bonds is 7. The molecule has 1 heteroatoms. The molecule has 1 rings (SSSR count). The summed E-state index contributed by atoms with van der Waals surface area (Å²) in [5.74, 6) is 0. The van der Waals surface area contributed by atoms with Crippen molar-refractivity contribution >= 4 is 5.69 Å². The van der Waals surface area contributed by atoms with Gasteiger partial charge in [-0.3, -0.25) is 0 Å². The van der Waals surface area contributed by atoms with Crippen LogP contribution in [-0.4, -0.2) is 6.54 Å². The fourth-order valence-corrected chi connectivity index (χ4v) is 1.83. The van der Waals surface area contributed by atoms with E-state index in [2.05, 4.69) is 61.4 Å². The fraction of sp³-hybridized carbons (Fsp3) is 0.158. The number of benzene rings is 1. The molecular formula is C19H23N. The van der Waals surface area contributed by atoms with Gasteiger partial charge in [0.2, 0.25) is 0 Å². The highest BCUT2D eigenvalue weighted by atomic mass is 15.1. The highest BCUT2D eigenvalue weighted by Gasteiger charge is 2.07. The second-order valence-corrected chi connectivity index (χ2v) is 4.43. The molecule has 0 spiro atoms. The van der Waals surface area contributed by atoms with Gasteiger partial charge in [-0.15, -0.1) is 0 Å². The number of anilines is 1. The van der Waals surface area contributed by atoms with Crippen molar-refractivity contribution in [2.45, 2.75) is 13.8 Å². The van der Waals surface area contributed by atoms with Crippen molar-refractivity contribution in [3.05, 3.63) is 91.2 Å². The van der Waals surface area contributed by atoms with Crippen LogP contribution in [0.1, 0.15) is 12.5 Å². The fourth-order valence-electron chi connectivity index (χ4n) is 1.83. The second kappa shape index (κ2) is 8.76. The molecule has 0 heterocycles. The summed E-state index contributed by atoms with van der Waals surface area (Å²) in [5.41, 5.74) is 3.44. The average molecular weight is 265 g/mol. The largest absolute Gasteiger partial charge is 0.338 e. The molecule has 0 bridgehead atoms. The first-order chi connectivity index (χ1) is 9.72. The van der Waals surface area contributed by atoms with Crippen molar-refractivity contribution in [3.63, 3.8) is 0 Å². The summed E-state index contributed by atoms with van der Waals surface area (Å²) in [6.07, 6.45) is 13.8. The topological polar surface area (TPSA) is 3.24 Å². The van der Waals surface area contributed by atoms with Crippen LogP contribution >= 0.6 is 0 Å². The van der Waals surface area contributed by atoms with E-state index in [1.165, 1.54) is 5.56 Å². The summed E-state index contributed by atoms with van der Waals surface area (Å²) in [6.45, 7) is 12.6. The molecule has 0 amide bonds. The number of allylic oxidation sites excluding steroid dienone is 6. The lowest BCUT2D eigenvalue weighted by molar-refractivity contribution is 1.04. The van der Waals surface area contributed by atoms with E-state index in [9.17, 15) is 0 Å². The first kappa shape index (κ1) is 15.8. The molecule has 1 aromatic carbocycles. The zero-order valence-corrected chi connectivity index (χ0v) is 12.4. The Hall–Kier alpha value is -2.28. The molecule has 0 aliphatic heterocycles. The van der Waals surface area contributed by atoms with Gasteiger partial charge in [-0.25, -0.2) is 0 Å². The van der Waals surface area contributed by atoms with Gasteiger partial charge in [0.15, 0.2) is 0 Å². The van der Waals surface area contributed by atoms with E-state index in [1.54, 1.807) is 6.08 Å². The van der Waals surface area contributed by atoms with Crippen molar-refractivity contribution in [3.8, 4) is 0 Å². The summed E-state index contributed by atoms with van der Waals surface area (Å²) in [7, 11) is 0. The molecule has 0 fully saturated rings. The van der Waals surface area contributed by atoms with E-state index in [1.807, 2.05) is 31.2 Å². The van der Waals surface area contributed by atoms with Crippen LogP contribution in [0.2, 0.25) is 0 Å². The van der Waals surface area contributed by atoms with Crippen molar-refractivity contribution in [2.75, 3.05) is 11.4 Å². The van der Waals surface area contributed by atoms with Gasteiger partial charge in [-0.2, -0.15) is 0 Å². The lowest BCUT2D eigenvalue weighted by Gasteiger charge is -2.24. The van der Waals surface area contributed by atoms with Crippen LogP contribution < -0.4 is 4.90 Å². The lowest BCUT2D eigenvalue weighted by atomic mass is 10.2. The Morgan fingerprint density at radius 2 is 1.85 bits per heavy atom. The summed E-state index contributed by atoms with van der Waals surface area (Å²) < 4.78 is 0. The number of hydrogen-bond donors (Lipinski definition) is 0. The number of nitrogens with zero attached hydrogens (tertiary/aromatic N) is 1. The number of aryl methyl sites for hydroxylation is 1. The Bertz CT molecular complexity index is 515. The first-order valence-electron chi connectivity index (χ1n) is 6.80. The molecule has 1 aromatic rings. The predicted octanol–water partition coefficient (Wildman–Crippen LogP) is 5.19. The van der Waals surface area contributed by atoms with Crippen LogP contribution in [0.25, 0.3) is 0 Å². The molecule has 0 unspecified atom stereocenters. The van der Waals surface area contributed by atoms with Crippen molar-refractivity contribution < 1.29 is 0 Å². The molecule has 20 heavy (non-hydrogen) atoms. The van der Waals surface area contributed by atoms with Crippen LogP contribution in [0.5, 0.6) is 0 Å². The van der Waals surface area contributed by atoms with E-state index < -0.39 is 0 Å². The maximum absolute atomic E-state index is 3.89. The molecule has 104 valence electrons. The van der Waals surface area contributed by atoms with Gasteiger partial charge in [-0.1, -0.05) is 61.2 Å². The Morgan fingerprint density at radius 3 is 2.40 bits per heavy atom. The minimum Gasteiger partial charge on any atom is -0.338 e. The summed E-state index contributed by atoms with van der Waals surface area (Å²) in [5, 5.41) is 0. The molecule has 1 nitrogen and oxygen atoms in total. The quantitative estimate of drug-likeness (QED) is 0.613. The van der Waals surface area contributed by atoms with Crippen molar-refractivity contribution in [1.82, 2.24) is 0 Å². The summed E-state index contributed by atoms with van der Waals surface area (Å²) >= 11 is 0. The highest BCUT2D eigenvalue weighted by molar-refractivity contribution is 5.56. The zero-order valence-electron chi connectivity index (χ0n) is 12.4. The molecule has 0 radical (unpaired) electrons. The number of hydrogen-bond acceptors (Lipinski definition) is 1. The minimum absolute atomic E-state index is 0.791. The van der Waals surface area contributed by atoms with E-state index in [-0.39, 0.29) is 0 Å². The van der Waals surface area contributed by atoms with Crippen LogP contribution in [0.15, 0.2) is 85.7 Å². The third-order valence-electron chi connectivity index (χ3n) is 2.88. The average Bonchev–Trinajstić information content (AvgIpc) is 2.47. The van der Waals surface area contributed by atoms with E-state index >= 15 is 0 Å². The minimum atomic E-state index is 0.791. The predicted molar refractivity (Wildman–Crippen MR) is 91.0 cm³/mol. The van der Waals surface area contributed by atoms with E-state index in [4.69, 9.17) is 0 Å². The monoisotopic (exact) mass is 265 g/mol. The van der Waals surface area contributed by atoms with E-state index in [0.29, 0.717) is 0 Å². The SMILES string of the molecule is C=C/C=C(\C=C)N(C/C=C\C=C/C)c1ccc(C)cc1. The summed E-state index contributed by atoms with van der Waals surface area (Å²) in [6, 6.07) is 8.48. The smallest absolute Gasteiger partial charge is 0.0415 e. The zero-order chi connectivity index (χ0) is 14.8. The van der Waals surface area contributed by atoms with Gasteiger partial charge < -0.3 is 4.90 Å². The van der Waals surface area contributed by atoms with Gasteiger partial charge in [0.25, 0.3) is 0 Å². The molecular weight excluding hydrogens is 242 g/mol. The van der Waals surface area contributed by atoms with Crippen LogP contribution in [0.3, 0.4) is 0 Å². The molecule has 0 atom stereocenters. The molecule has 0 N–H and O–H groups in total. The van der Waals surface area contributed by atoms with Gasteiger partial charge in [0.1, 0.15) is 0 Å². The molecule has 0 aliphatic carbocycles. The molecule has 0 aromatic heterocycles. The Balaban J connectivity index is 3.05. The maximum Gasteiger partial charge on any atom is 0.0415 e. The van der Waals surface area contributed by atoms with Gasteiger partial charge in [-0.05, 0) is 38.1 Å². The Morgan fingerprint density at radius 1 is 1.15 bits per heavy atom. The van der Waals surface area contributed by atoms with Gasteiger partial charge in [0.05, 0.1) is 0 Å². The van der Waals surface area contributed by atoms with Crippen LogP contribution in [-0.2, 0) is 0 Å². The van der Waals surface area contributed by atoms with Crippen LogP contribution in [0, 0.1) is 6.92 Å². The standard InChI is InChI=1S/C19H23N/c1-5-8-9-10-16-20(18(7-3)11-6-2)19-14-12-17(4)13-15-19/h5-15H,2-3,16H2,1,4H3/b8-5-,10-9-,18-11+. The van der Waals surface area contributed by atoms with Gasteiger partial charge in [0, 0.05) is 17.9 Å². The molecule has 0 aliphatic rings. The third-order valence-corrected chi connectivity index (χ3v) is 2.88. The highest BCUT2D eigenvalue weighted by Crippen LogP contribution is 2.20. The van der Waals surface area contributed by atoms with Crippen molar-refractivity contribution in [2.24, 2.45) is 0 Å². The lowest BCUT2D eigenvalue weighted by Crippen LogP contribution is -2.21. The third kappa shape index (κ3) is 4.77. The van der Waals surface area contributed by atoms with Gasteiger partial charge >= 0.3 is 0 Å². The maximum atomic E-state index is 3.89. The Labute approximate surface area is 122 Å². The van der Waals surface area contributed by atoms with Crippen molar-refractivity contribution in [1.29, 1.82) is 0 Å². The van der Waals surface area contributed by atoms with Crippen LogP contribution in [0.4, 0.5) is 5.69 Å². The van der Waals surface area contributed by atoms with E-state index in [0.717, 1.165) is 17.9 Å². The normalized spacial score (nSPS) is 12.0. The molecule has 0 saturated carbocycles. The Kier molecular flexibility index (Phi) is 6.91. The first-order valence-corrected chi connectivity index (χ1v) is 6.80. The second-order valence-electron chi connectivity index (χ2n) is 4.43. The molecule has 0 saturated heterocycles.